The van der Waals surface area contributed by atoms with Crippen LogP contribution in [0.1, 0.15) is 31.5 Å². The quantitative estimate of drug-likeness (QED) is 0.774. The molecule has 4 nitrogen and oxygen atoms in total. The number of carbonyl (C=O) groups excluding carboxylic acids is 1. The molecular formula is C13H13BrN2O2S. The van der Waals surface area contributed by atoms with E-state index in [4.69, 9.17) is 4.52 Å². The van der Waals surface area contributed by atoms with Crippen molar-refractivity contribution in [1.82, 2.24) is 10.1 Å². The highest BCUT2D eigenvalue weighted by molar-refractivity contribution is 9.10. The second-order valence-electron chi connectivity index (χ2n) is 4.10. The number of ketones is 1. The molecule has 100 valence electrons. The fourth-order valence-corrected chi connectivity index (χ4v) is 2.79. The number of halogens is 1. The first-order valence-corrected chi connectivity index (χ1v) is 7.56. The van der Waals surface area contributed by atoms with Gasteiger partial charge in [0.05, 0.1) is 11.7 Å². The summed E-state index contributed by atoms with van der Waals surface area (Å²) < 4.78 is 6.14. The second-order valence-corrected chi connectivity index (χ2v) is 5.97. The Labute approximate surface area is 124 Å². The molecule has 0 fully saturated rings. The molecule has 1 atom stereocenters. The van der Waals surface area contributed by atoms with Gasteiger partial charge in [-0.1, -0.05) is 17.3 Å². The third-order valence-electron chi connectivity index (χ3n) is 2.66. The van der Waals surface area contributed by atoms with Gasteiger partial charge < -0.3 is 4.52 Å². The van der Waals surface area contributed by atoms with Crippen LogP contribution >= 0.6 is 27.7 Å². The predicted octanol–water partition coefficient (Wildman–Crippen LogP) is 3.82. The summed E-state index contributed by atoms with van der Waals surface area (Å²) in [6, 6.07) is 7.96. The molecule has 0 aliphatic carbocycles. The first-order valence-electron chi connectivity index (χ1n) is 5.78. The van der Waals surface area contributed by atoms with Crippen molar-refractivity contribution in [2.24, 2.45) is 0 Å². The molecule has 2 aromatic rings. The predicted molar refractivity (Wildman–Crippen MR) is 77.1 cm³/mol. The SMILES string of the molecule is CC(=O)C(C)c1nc(CSc2ccccc2Br)no1. The van der Waals surface area contributed by atoms with Crippen molar-refractivity contribution < 1.29 is 9.32 Å². The number of thioether (sulfide) groups is 1. The van der Waals surface area contributed by atoms with Gasteiger partial charge in [0, 0.05) is 9.37 Å². The lowest BCUT2D eigenvalue weighted by Gasteiger charge is -2.01. The number of nitrogens with zero attached hydrogens (tertiary/aromatic N) is 2. The Bertz CT molecular complexity index is 586. The average molecular weight is 341 g/mol. The molecule has 0 aliphatic heterocycles. The minimum atomic E-state index is -0.338. The van der Waals surface area contributed by atoms with E-state index in [1.165, 1.54) is 6.92 Å². The summed E-state index contributed by atoms with van der Waals surface area (Å²) in [5, 5.41) is 3.89. The zero-order valence-corrected chi connectivity index (χ0v) is 13.0. The second kappa shape index (κ2) is 6.34. The van der Waals surface area contributed by atoms with E-state index in [1.54, 1.807) is 18.7 Å². The molecule has 19 heavy (non-hydrogen) atoms. The highest BCUT2D eigenvalue weighted by Crippen LogP contribution is 2.29. The Balaban J connectivity index is 2.01. The summed E-state index contributed by atoms with van der Waals surface area (Å²) in [4.78, 5) is 16.6. The van der Waals surface area contributed by atoms with E-state index in [2.05, 4.69) is 26.1 Å². The number of Topliss-reactive ketones (excluding diaryl/α,β-unsaturated/α-hetero) is 1. The zero-order chi connectivity index (χ0) is 13.8. The number of rotatable bonds is 5. The lowest BCUT2D eigenvalue weighted by atomic mass is 10.1. The molecule has 6 heteroatoms. The number of carbonyl (C=O) groups is 1. The first kappa shape index (κ1) is 14.3. The van der Waals surface area contributed by atoms with Crippen molar-refractivity contribution in [2.75, 3.05) is 0 Å². The van der Waals surface area contributed by atoms with E-state index in [0.29, 0.717) is 17.5 Å². The Hall–Kier alpha value is -1.14. The summed E-state index contributed by atoms with van der Waals surface area (Å²) >= 11 is 5.10. The smallest absolute Gasteiger partial charge is 0.236 e. The van der Waals surface area contributed by atoms with Gasteiger partial charge in [-0.3, -0.25) is 4.79 Å². The average Bonchev–Trinajstić information content (AvgIpc) is 2.85. The number of benzene rings is 1. The fraction of sp³-hybridized carbons (Fsp3) is 0.308. The summed E-state index contributed by atoms with van der Waals surface area (Å²) in [6.45, 7) is 3.28. The standard InChI is InChI=1S/C13H13BrN2O2S/c1-8(9(2)17)13-15-12(16-18-13)7-19-11-6-4-3-5-10(11)14/h3-6,8H,7H2,1-2H3. The van der Waals surface area contributed by atoms with Crippen molar-refractivity contribution in [3.63, 3.8) is 0 Å². The highest BCUT2D eigenvalue weighted by Gasteiger charge is 2.18. The molecule has 1 aromatic carbocycles. The summed E-state index contributed by atoms with van der Waals surface area (Å²) in [5.41, 5.74) is 0. The van der Waals surface area contributed by atoms with Gasteiger partial charge >= 0.3 is 0 Å². The molecule has 1 unspecified atom stereocenters. The van der Waals surface area contributed by atoms with Crippen LogP contribution in [0, 0.1) is 0 Å². The zero-order valence-electron chi connectivity index (χ0n) is 10.6. The van der Waals surface area contributed by atoms with Crippen LogP contribution < -0.4 is 0 Å². The molecule has 0 radical (unpaired) electrons. The van der Waals surface area contributed by atoms with E-state index >= 15 is 0 Å². The Morgan fingerprint density at radius 3 is 2.89 bits per heavy atom. The van der Waals surface area contributed by atoms with Crippen LogP contribution in [-0.4, -0.2) is 15.9 Å². The molecule has 0 amide bonds. The number of aromatic nitrogens is 2. The maximum atomic E-state index is 11.2. The number of hydrogen-bond acceptors (Lipinski definition) is 5. The van der Waals surface area contributed by atoms with E-state index < -0.39 is 0 Å². The summed E-state index contributed by atoms with van der Waals surface area (Å²) in [5.74, 6) is 1.28. The van der Waals surface area contributed by atoms with Crippen LogP contribution in [0.4, 0.5) is 0 Å². The molecule has 2 rings (SSSR count). The summed E-state index contributed by atoms with van der Waals surface area (Å²) in [7, 11) is 0. The van der Waals surface area contributed by atoms with Gasteiger partial charge in [0.1, 0.15) is 5.78 Å². The van der Waals surface area contributed by atoms with Crippen molar-refractivity contribution in [2.45, 2.75) is 30.4 Å². The lowest BCUT2D eigenvalue weighted by Crippen LogP contribution is -2.04. The van der Waals surface area contributed by atoms with Gasteiger partial charge in [-0.15, -0.1) is 11.8 Å². The summed E-state index contributed by atoms with van der Waals surface area (Å²) in [6.07, 6.45) is 0. The Morgan fingerprint density at radius 2 is 2.21 bits per heavy atom. The van der Waals surface area contributed by atoms with E-state index in [9.17, 15) is 4.79 Å². The fourth-order valence-electron chi connectivity index (χ4n) is 1.38. The van der Waals surface area contributed by atoms with Crippen molar-refractivity contribution in [3.05, 3.63) is 40.5 Å². The van der Waals surface area contributed by atoms with Crippen LogP contribution in [0.15, 0.2) is 38.2 Å². The van der Waals surface area contributed by atoms with E-state index in [0.717, 1.165) is 9.37 Å². The third-order valence-corrected chi connectivity index (χ3v) is 4.68. The van der Waals surface area contributed by atoms with Gasteiger partial charge in [-0.2, -0.15) is 4.98 Å². The van der Waals surface area contributed by atoms with Gasteiger partial charge in [-0.25, -0.2) is 0 Å². The normalized spacial score (nSPS) is 12.4. The largest absolute Gasteiger partial charge is 0.339 e. The first-order chi connectivity index (χ1) is 9.08. The van der Waals surface area contributed by atoms with Crippen LogP contribution in [-0.2, 0) is 10.5 Å². The van der Waals surface area contributed by atoms with Gasteiger partial charge in [-0.05, 0) is 41.9 Å². The van der Waals surface area contributed by atoms with E-state index in [-0.39, 0.29) is 11.7 Å². The molecular weight excluding hydrogens is 328 g/mol. The molecule has 0 bridgehead atoms. The molecule has 1 aromatic heterocycles. The Kier molecular flexibility index (Phi) is 4.76. The third kappa shape index (κ3) is 3.67. The van der Waals surface area contributed by atoms with Crippen LogP contribution in [0.5, 0.6) is 0 Å². The molecule has 0 saturated carbocycles. The van der Waals surface area contributed by atoms with Gasteiger partial charge in [0.25, 0.3) is 0 Å². The van der Waals surface area contributed by atoms with Gasteiger partial charge in [0.15, 0.2) is 5.82 Å². The van der Waals surface area contributed by atoms with Crippen LogP contribution in [0.2, 0.25) is 0 Å². The van der Waals surface area contributed by atoms with Crippen LogP contribution in [0.3, 0.4) is 0 Å². The maximum absolute atomic E-state index is 11.2. The monoisotopic (exact) mass is 340 g/mol. The minimum absolute atomic E-state index is 0.0219. The molecule has 0 N–H and O–H groups in total. The van der Waals surface area contributed by atoms with Crippen molar-refractivity contribution in [1.29, 1.82) is 0 Å². The molecule has 0 saturated heterocycles. The Morgan fingerprint density at radius 1 is 1.47 bits per heavy atom. The maximum Gasteiger partial charge on any atom is 0.236 e. The number of hydrogen-bond donors (Lipinski definition) is 0. The molecule has 0 spiro atoms. The lowest BCUT2D eigenvalue weighted by molar-refractivity contribution is -0.118. The molecule has 1 heterocycles. The molecule has 0 aliphatic rings. The van der Waals surface area contributed by atoms with Crippen LogP contribution in [0.25, 0.3) is 0 Å². The van der Waals surface area contributed by atoms with E-state index in [1.807, 2.05) is 24.3 Å². The van der Waals surface area contributed by atoms with Gasteiger partial charge in [0.2, 0.25) is 5.89 Å². The van der Waals surface area contributed by atoms with Crippen molar-refractivity contribution in [3.8, 4) is 0 Å². The highest BCUT2D eigenvalue weighted by atomic mass is 79.9. The topological polar surface area (TPSA) is 56.0 Å². The van der Waals surface area contributed by atoms with Crippen molar-refractivity contribution >= 4 is 33.5 Å². The minimum Gasteiger partial charge on any atom is -0.339 e.